The molecule has 0 aliphatic heterocycles. The molecule has 0 bridgehead atoms. The van der Waals surface area contributed by atoms with Crippen molar-refractivity contribution in [2.45, 2.75) is 32.2 Å². The van der Waals surface area contributed by atoms with E-state index in [-0.39, 0.29) is 0 Å². The van der Waals surface area contributed by atoms with Crippen molar-refractivity contribution in [1.82, 2.24) is 9.88 Å². The van der Waals surface area contributed by atoms with Crippen molar-refractivity contribution in [3.8, 4) is 6.07 Å². The first-order chi connectivity index (χ1) is 9.86. The minimum atomic E-state index is 0.731. The number of nitriles is 1. The third kappa shape index (κ3) is 2.86. The number of nitrogens with zero attached hydrogens (tertiary/aromatic N) is 2. The van der Waals surface area contributed by atoms with Gasteiger partial charge in [-0.25, -0.2) is 0 Å². The van der Waals surface area contributed by atoms with Crippen molar-refractivity contribution in [2.24, 2.45) is 5.92 Å². The zero-order chi connectivity index (χ0) is 13.8. The van der Waals surface area contributed by atoms with E-state index in [1.54, 1.807) is 0 Å². The van der Waals surface area contributed by atoms with Gasteiger partial charge in [0, 0.05) is 30.2 Å². The average Bonchev–Trinajstić information content (AvgIpc) is 3.12. The van der Waals surface area contributed by atoms with Gasteiger partial charge in [0.15, 0.2) is 0 Å². The van der Waals surface area contributed by atoms with Crippen LogP contribution in [0.2, 0.25) is 0 Å². The van der Waals surface area contributed by atoms with Crippen LogP contribution in [0.25, 0.3) is 10.9 Å². The van der Waals surface area contributed by atoms with Gasteiger partial charge in [-0.05, 0) is 49.6 Å². The summed E-state index contributed by atoms with van der Waals surface area (Å²) in [4.78, 5) is 0. The Morgan fingerprint density at radius 3 is 2.90 bits per heavy atom. The van der Waals surface area contributed by atoms with Crippen LogP contribution >= 0.6 is 0 Å². The number of hydrogen-bond acceptors (Lipinski definition) is 2. The minimum Gasteiger partial charge on any atom is -0.346 e. The molecule has 0 saturated heterocycles. The third-order valence-corrected chi connectivity index (χ3v) is 4.34. The van der Waals surface area contributed by atoms with Crippen molar-refractivity contribution < 1.29 is 0 Å². The Labute approximate surface area is 120 Å². The molecule has 3 rings (SSSR count). The number of nitrogens with one attached hydrogen (secondary N) is 1. The molecule has 2 aromatic rings. The molecule has 0 radical (unpaired) electrons. The molecule has 0 amide bonds. The van der Waals surface area contributed by atoms with E-state index in [1.807, 2.05) is 18.2 Å². The molecule has 0 spiro atoms. The number of aromatic nitrogens is 1. The Bertz CT molecular complexity index is 615. The summed E-state index contributed by atoms with van der Waals surface area (Å²) in [7, 11) is 0. The van der Waals surface area contributed by atoms with Crippen molar-refractivity contribution in [1.29, 1.82) is 5.26 Å². The Kier molecular flexibility index (Phi) is 4.03. The van der Waals surface area contributed by atoms with Gasteiger partial charge in [0.05, 0.1) is 11.6 Å². The summed E-state index contributed by atoms with van der Waals surface area (Å²) in [6.07, 6.45) is 7.74. The summed E-state index contributed by atoms with van der Waals surface area (Å²) in [5.74, 6) is 0.898. The summed E-state index contributed by atoms with van der Waals surface area (Å²) in [5.41, 5.74) is 1.95. The highest BCUT2D eigenvalue weighted by Gasteiger charge is 2.13. The summed E-state index contributed by atoms with van der Waals surface area (Å²) in [6.45, 7) is 3.17. The highest BCUT2D eigenvalue weighted by atomic mass is 15.0. The molecule has 1 aromatic heterocycles. The molecule has 1 aromatic carbocycles. The van der Waals surface area contributed by atoms with Crippen molar-refractivity contribution >= 4 is 10.9 Å². The van der Waals surface area contributed by atoms with Crippen LogP contribution in [0.1, 0.15) is 31.2 Å². The van der Waals surface area contributed by atoms with Gasteiger partial charge >= 0.3 is 0 Å². The number of hydrogen-bond donors (Lipinski definition) is 1. The van der Waals surface area contributed by atoms with Crippen molar-refractivity contribution in [3.63, 3.8) is 0 Å². The predicted molar refractivity (Wildman–Crippen MR) is 81.5 cm³/mol. The lowest BCUT2D eigenvalue weighted by Crippen LogP contribution is -2.25. The standard InChI is InChI=1S/C17H21N3/c18-12-15-5-6-17-16(11-15)7-9-20(17)10-8-19-13-14-3-1-2-4-14/h5-7,9,11,14,19H,1-4,8,10,13H2. The van der Waals surface area contributed by atoms with E-state index in [1.165, 1.54) is 31.2 Å². The van der Waals surface area contributed by atoms with Crippen LogP contribution in [-0.4, -0.2) is 17.7 Å². The number of benzene rings is 1. The van der Waals surface area contributed by atoms with Gasteiger partial charge in [0.25, 0.3) is 0 Å². The maximum atomic E-state index is 8.91. The van der Waals surface area contributed by atoms with E-state index in [0.717, 1.165) is 36.5 Å². The smallest absolute Gasteiger partial charge is 0.0991 e. The fraction of sp³-hybridized carbons (Fsp3) is 0.471. The topological polar surface area (TPSA) is 40.8 Å². The quantitative estimate of drug-likeness (QED) is 0.844. The summed E-state index contributed by atoms with van der Waals surface area (Å²) < 4.78 is 2.26. The lowest BCUT2D eigenvalue weighted by atomic mass is 10.1. The van der Waals surface area contributed by atoms with Crippen LogP contribution in [0, 0.1) is 17.2 Å². The molecule has 3 nitrogen and oxygen atoms in total. The van der Waals surface area contributed by atoms with E-state index in [9.17, 15) is 0 Å². The molecule has 1 fully saturated rings. The van der Waals surface area contributed by atoms with Crippen molar-refractivity contribution in [2.75, 3.05) is 13.1 Å². The molecule has 1 aliphatic rings. The van der Waals surface area contributed by atoms with E-state index >= 15 is 0 Å². The Morgan fingerprint density at radius 1 is 1.25 bits per heavy atom. The van der Waals surface area contributed by atoms with Crippen LogP contribution in [0.5, 0.6) is 0 Å². The molecule has 1 heterocycles. The maximum Gasteiger partial charge on any atom is 0.0991 e. The van der Waals surface area contributed by atoms with Gasteiger partial charge < -0.3 is 9.88 Å². The fourth-order valence-electron chi connectivity index (χ4n) is 3.18. The number of rotatable bonds is 5. The van der Waals surface area contributed by atoms with Crippen molar-refractivity contribution in [3.05, 3.63) is 36.0 Å². The largest absolute Gasteiger partial charge is 0.346 e. The third-order valence-electron chi connectivity index (χ3n) is 4.34. The highest BCUT2D eigenvalue weighted by molar-refractivity contribution is 5.81. The Morgan fingerprint density at radius 2 is 2.10 bits per heavy atom. The van der Waals surface area contributed by atoms with Crippen LogP contribution in [0.3, 0.4) is 0 Å². The fourth-order valence-corrected chi connectivity index (χ4v) is 3.18. The summed E-state index contributed by atoms with van der Waals surface area (Å²) in [5, 5.41) is 13.6. The van der Waals surface area contributed by atoms with Gasteiger partial charge in [-0.2, -0.15) is 5.26 Å². The van der Waals surface area contributed by atoms with Gasteiger partial charge in [-0.3, -0.25) is 0 Å². The summed E-state index contributed by atoms with van der Waals surface area (Å²) >= 11 is 0. The summed E-state index contributed by atoms with van der Waals surface area (Å²) in [6, 6.07) is 10.2. The van der Waals surface area contributed by atoms with Crippen LogP contribution in [0.15, 0.2) is 30.5 Å². The van der Waals surface area contributed by atoms with Crippen LogP contribution in [0.4, 0.5) is 0 Å². The van der Waals surface area contributed by atoms with Gasteiger partial charge in [0.1, 0.15) is 0 Å². The Hall–Kier alpha value is -1.79. The normalized spacial score (nSPS) is 15.8. The first-order valence-corrected chi connectivity index (χ1v) is 7.56. The zero-order valence-corrected chi connectivity index (χ0v) is 11.8. The van der Waals surface area contributed by atoms with Gasteiger partial charge in [-0.15, -0.1) is 0 Å². The number of fused-ring (bicyclic) bond motifs is 1. The monoisotopic (exact) mass is 267 g/mol. The second kappa shape index (κ2) is 6.11. The average molecular weight is 267 g/mol. The molecule has 20 heavy (non-hydrogen) atoms. The predicted octanol–water partition coefficient (Wildman–Crippen LogP) is 3.29. The molecule has 0 unspecified atom stereocenters. The molecule has 0 atom stereocenters. The highest BCUT2D eigenvalue weighted by Crippen LogP contribution is 2.23. The Balaban J connectivity index is 1.56. The zero-order valence-electron chi connectivity index (χ0n) is 11.8. The van der Waals surface area contributed by atoms with Gasteiger partial charge in [-0.1, -0.05) is 12.8 Å². The van der Waals surface area contributed by atoms with Crippen LogP contribution < -0.4 is 5.32 Å². The van der Waals surface area contributed by atoms with E-state index in [4.69, 9.17) is 5.26 Å². The van der Waals surface area contributed by atoms with E-state index < -0.39 is 0 Å². The van der Waals surface area contributed by atoms with E-state index in [0.29, 0.717) is 0 Å². The minimum absolute atomic E-state index is 0.731. The molecule has 1 saturated carbocycles. The molecule has 3 heteroatoms. The molecule has 104 valence electrons. The molecular weight excluding hydrogens is 246 g/mol. The molecule has 1 aliphatic carbocycles. The molecular formula is C17H21N3. The molecule has 1 N–H and O–H groups in total. The SMILES string of the molecule is N#Cc1ccc2c(ccn2CCNCC2CCCC2)c1. The second-order valence-electron chi connectivity index (χ2n) is 5.75. The van der Waals surface area contributed by atoms with Crippen LogP contribution in [-0.2, 0) is 6.54 Å². The van der Waals surface area contributed by atoms with E-state index in [2.05, 4.69) is 28.2 Å². The second-order valence-corrected chi connectivity index (χ2v) is 5.75. The first-order valence-electron chi connectivity index (χ1n) is 7.56. The first kappa shape index (κ1) is 13.2. The maximum absolute atomic E-state index is 8.91. The lowest BCUT2D eigenvalue weighted by Gasteiger charge is -2.11. The lowest BCUT2D eigenvalue weighted by molar-refractivity contribution is 0.478. The van der Waals surface area contributed by atoms with Gasteiger partial charge in [0.2, 0.25) is 0 Å².